The average molecular weight is 441 g/mol. The van der Waals surface area contributed by atoms with Crippen molar-refractivity contribution in [1.82, 2.24) is 14.9 Å². The summed E-state index contributed by atoms with van der Waals surface area (Å²) in [4.78, 5) is 41.9. The minimum atomic E-state index is -0.933. The van der Waals surface area contributed by atoms with E-state index in [0.717, 1.165) is 11.8 Å². The van der Waals surface area contributed by atoms with Crippen LogP contribution in [-0.4, -0.2) is 26.7 Å². The van der Waals surface area contributed by atoms with Gasteiger partial charge in [0.15, 0.2) is 5.16 Å². The van der Waals surface area contributed by atoms with E-state index in [2.05, 4.69) is 10.3 Å². The second kappa shape index (κ2) is 8.17. The highest BCUT2D eigenvalue weighted by Gasteiger charge is 2.23. The van der Waals surface area contributed by atoms with Crippen LogP contribution in [0.5, 0.6) is 0 Å². The van der Waals surface area contributed by atoms with Crippen LogP contribution in [0.2, 0.25) is 0 Å². The normalized spacial score (nSPS) is 12.0. The van der Waals surface area contributed by atoms with Gasteiger partial charge in [-0.1, -0.05) is 30.0 Å². The van der Waals surface area contributed by atoms with Gasteiger partial charge >= 0.3 is 6.03 Å². The third-order valence-corrected chi connectivity index (χ3v) is 6.20. The molecule has 3 heterocycles. The number of aromatic nitrogens is 2. The monoisotopic (exact) mass is 440 g/mol. The molecule has 1 unspecified atom stereocenters. The number of nitrogens with two attached hydrogens (primary N) is 1. The Balaban J connectivity index is 1.89. The Morgan fingerprint density at radius 3 is 2.67 bits per heavy atom. The molecule has 0 aliphatic heterocycles. The predicted octanol–water partition coefficient (Wildman–Crippen LogP) is 3.38. The smallest absolute Gasteiger partial charge is 0.318 e. The fourth-order valence-electron chi connectivity index (χ4n) is 2.90. The zero-order valence-corrected chi connectivity index (χ0v) is 17.3. The fourth-order valence-corrected chi connectivity index (χ4v) is 4.80. The molecule has 3 N–H and O–H groups in total. The number of nitrogens with one attached hydrogen (secondary N) is 1. The van der Waals surface area contributed by atoms with E-state index in [1.54, 1.807) is 37.5 Å². The maximum Gasteiger partial charge on any atom is 0.318 e. The van der Waals surface area contributed by atoms with E-state index in [1.807, 2.05) is 23.6 Å². The zero-order valence-electron chi connectivity index (χ0n) is 15.7. The van der Waals surface area contributed by atoms with Gasteiger partial charge in [-0.3, -0.25) is 19.5 Å². The van der Waals surface area contributed by atoms with Gasteiger partial charge in [-0.25, -0.2) is 9.78 Å². The number of carbonyl (C=O) groups excluding carboxylic acids is 2. The third-order valence-electron chi connectivity index (χ3n) is 4.28. The van der Waals surface area contributed by atoms with Crippen molar-refractivity contribution < 1.29 is 14.0 Å². The highest BCUT2D eigenvalue weighted by Crippen LogP contribution is 2.33. The number of nitrogens with zero attached hydrogens (tertiary/aromatic N) is 2. The summed E-state index contributed by atoms with van der Waals surface area (Å²) in [7, 11) is 0. The summed E-state index contributed by atoms with van der Waals surface area (Å²) >= 11 is 2.38. The predicted molar refractivity (Wildman–Crippen MR) is 116 cm³/mol. The van der Waals surface area contributed by atoms with Crippen molar-refractivity contribution >= 4 is 45.3 Å². The van der Waals surface area contributed by atoms with Crippen LogP contribution in [0.1, 0.15) is 6.92 Å². The molecule has 0 spiro atoms. The van der Waals surface area contributed by atoms with Gasteiger partial charge in [0.2, 0.25) is 5.91 Å². The van der Waals surface area contributed by atoms with Crippen molar-refractivity contribution in [1.29, 1.82) is 0 Å². The summed E-state index contributed by atoms with van der Waals surface area (Å²) in [5.74, 6) is 0.0123. The van der Waals surface area contributed by atoms with Crippen molar-refractivity contribution in [2.24, 2.45) is 5.73 Å². The average Bonchev–Trinajstić information content (AvgIpc) is 3.38. The molecule has 8 nitrogen and oxygen atoms in total. The molecule has 4 aromatic rings. The maximum absolute atomic E-state index is 13.6. The minimum absolute atomic E-state index is 0.274. The summed E-state index contributed by atoms with van der Waals surface area (Å²) in [5, 5.41) is 3.94. The number of thioether (sulfide) groups is 1. The van der Waals surface area contributed by atoms with Crippen molar-refractivity contribution in [3.63, 3.8) is 0 Å². The number of primary amides is 1. The van der Waals surface area contributed by atoms with Crippen LogP contribution in [-0.2, 0) is 4.79 Å². The van der Waals surface area contributed by atoms with Crippen LogP contribution in [0.4, 0.5) is 4.79 Å². The second-order valence-electron chi connectivity index (χ2n) is 6.29. The molecule has 3 amide bonds. The minimum Gasteiger partial charge on any atom is -0.464 e. The first-order chi connectivity index (χ1) is 14.5. The van der Waals surface area contributed by atoms with Gasteiger partial charge in [0.05, 0.1) is 22.6 Å². The van der Waals surface area contributed by atoms with E-state index in [0.29, 0.717) is 32.4 Å². The zero-order chi connectivity index (χ0) is 21.3. The van der Waals surface area contributed by atoms with Crippen molar-refractivity contribution in [2.45, 2.75) is 17.3 Å². The number of benzene rings is 1. The number of amides is 3. The second-order valence-corrected chi connectivity index (χ2v) is 8.46. The van der Waals surface area contributed by atoms with Gasteiger partial charge in [0.1, 0.15) is 10.6 Å². The Bertz CT molecular complexity index is 1280. The lowest BCUT2D eigenvalue weighted by Crippen LogP contribution is -2.39. The Kier molecular flexibility index (Phi) is 5.42. The number of fused-ring (bicyclic) bond motifs is 1. The number of thiophene rings is 1. The molecule has 0 aliphatic carbocycles. The number of rotatable bonds is 5. The van der Waals surface area contributed by atoms with E-state index < -0.39 is 17.2 Å². The molecule has 1 atom stereocenters. The molecule has 4 rings (SSSR count). The van der Waals surface area contributed by atoms with Crippen molar-refractivity contribution in [3.8, 4) is 17.0 Å². The molecule has 1 aromatic carbocycles. The number of hydrogen-bond acceptors (Lipinski definition) is 7. The lowest BCUT2D eigenvalue weighted by Gasteiger charge is -2.15. The molecule has 0 saturated carbocycles. The van der Waals surface area contributed by atoms with Crippen molar-refractivity contribution in [3.05, 3.63) is 64.5 Å². The summed E-state index contributed by atoms with van der Waals surface area (Å²) in [6.45, 7) is 1.61. The van der Waals surface area contributed by atoms with Crippen LogP contribution in [0, 0.1) is 0 Å². The molecule has 10 heteroatoms. The number of para-hydroxylation sites is 1. The van der Waals surface area contributed by atoms with Crippen LogP contribution in [0.3, 0.4) is 0 Å². The van der Waals surface area contributed by atoms with Gasteiger partial charge in [0, 0.05) is 10.9 Å². The van der Waals surface area contributed by atoms with E-state index in [1.165, 1.54) is 15.9 Å². The molecule has 30 heavy (non-hydrogen) atoms. The summed E-state index contributed by atoms with van der Waals surface area (Å²) in [5.41, 5.74) is 6.04. The molecule has 3 aromatic heterocycles. The van der Waals surface area contributed by atoms with Gasteiger partial charge in [0.25, 0.3) is 5.56 Å². The first-order valence-corrected chi connectivity index (χ1v) is 10.6. The molecule has 0 radical (unpaired) electrons. The summed E-state index contributed by atoms with van der Waals surface area (Å²) < 4.78 is 6.94. The topological polar surface area (TPSA) is 120 Å². The third kappa shape index (κ3) is 3.74. The Morgan fingerprint density at radius 2 is 2.00 bits per heavy atom. The van der Waals surface area contributed by atoms with Crippen LogP contribution in [0.15, 0.2) is 68.5 Å². The number of carbonyl (C=O) groups is 2. The Hall–Kier alpha value is -3.37. The number of urea groups is 1. The van der Waals surface area contributed by atoms with Crippen LogP contribution in [0.25, 0.3) is 27.2 Å². The number of furan rings is 1. The summed E-state index contributed by atoms with van der Waals surface area (Å²) in [6.07, 6.45) is 1.55. The van der Waals surface area contributed by atoms with E-state index in [-0.39, 0.29) is 5.56 Å². The SMILES string of the molecule is CC(Sc1nc2scc(-c3ccco3)c2c(=O)n1-c1ccccc1)C(=O)NC(N)=O. The number of imide groups is 1. The van der Waals surface area contributed by atoms with Crippen molar-refractivity contribution in [2.75, 3.05) is 0 Å². The van der Waals surface area contributed by atoms with Gasteiger partial charge in [-0.05, 0) is 31.2 Å². The van der Waals surface area contributed by atoms with Gasteiger partial charge < -0.3 is 10.2 Å². The van der Waals surface area contributed by atoms with E-state index in [9.17, 15) is 14.4 Å². The summed E-state index contributed by atoms with van der Waals surface area (Å²) in [6, 6.07) is 11.6. The van der Waals surface area contributed by atoms with Gasteiger partial charge in [-0.2, -0.15) is 0 Å². The Morgan fingerprint density at radius 1 is 1.23 bits per heavy atom. The molecule has 0 bridgehead atoms. The highest BCUT2D eigenvalue weighted by molar-refractivity contribution is 8.00. The lowest BCUT2D eigenvalue weighted by atomic mass is 10.2. The molecule has 0 aliphatic rings. The Labute approximate surface area is 178 Å². The molecular weight excluding hydrogens is 424 g/mol. The maximum atomic E-state index is 13.6. The standard InChI is InChI=1S/C20H16N4O4S2/c1-11(16(25)22-19(21)27)30-20-23-17-15(13(10-29-17)14-8-5-9-28-14)18(26)24(20)12-6-3-2-4-7-12/h2-11H,1H3,(H3,21,22,25,27). The van der Waals surface area contributed by atoms with E-state index in [4.69, 9.17) is 10.2 Å². The largest absolute Gasteiger partial charge is 0.464 e. The van der Waals surface area contributed by atoms with E-state index >= 15 is 0 Å². The molecular formula is C20H16N4O4S2. The lowest BCUT2D eigenvalue weighted by molar-refractivity contribution is -0.119. The molecule has 0 fully saturated rings. The first-order valence-electron chi connectivity index (χ1n) is 8.86. The van der Waals surface area contributed by atoms with Crippen LogP contribution >= 0.6 is 23.1 Å². The first kappa shape index (κ1) is 19.9. The molecule has 152 valence electrons. The fraction of sp³-hybridized carbons (Fsp3) is 0.100. The molecule has 0 saturated heterocycles. The van der Waals surface area contributed by atoms with Gasteiger partial charge in [-0.15, -0.1) is 11.3 Å². The quantitative estimate of drug-likeness (QED) is 0.363. The number of hydrogen-bond donors (Lipinski definition) is 2. The van der Waals surface area contributed by atoms with Crippen LogP contribution < -0.4 is 16.6 Å². The highest BCUT2D eigenvalue weighted by atomic mass is 32.2.